The third-order valence-electron chi connectivity index (χ3n) is 7.81. The van der Waals surface area contributed by atoms with E-state index in [0.717, 1.165) is 45.7 Å². The number of hydrogen-bond acceptors (Lipinski definition) is 21. The Morgan fingerprint density at radius 2 is 1.27 bits per heavy atom. The average molecular weight is 1000 g/mol. The molecular weight excluding hydrogens is 965 g/mol. The van der Waals surface area contributed by atoms with Crippen molar-refractivity contribution in [1.82, 2.24) is 38.7 Å². The first kappa shape index (κ1) is 47.7. The molecule has 0 fully saturated rings. The number of nitrogens with two attached hydrogens (primary N) is 2. The lowest BCUT2D eigenvalue weighted by atomic mass is 10.2. The van der Waals surface area contributed by atoms with Crippen LogP contribution in [0.4, 0.5) is 32.2 Å². The summed E-state index contributed by atoms with van der Waals surface area (Å²) in [7, 11) is 0. The number of carbonyl (C=O) groups excluding carboxylic acids is 2. The standard InChI is InChI=1S/C20H22N8O3S2.C15H15BrN8O4S2/c1-4-6-11-7-22-19(23-8-11)26-17(31)14-10(3)24-20(32-14)27-18-13(16(30)28-33-18)15(21)25-12(5-2)9-29;1-5-9(12(28)22-14-18-2-6(16)3-19-14)29-15(20-5)23-13-8(11(27)24-30-13)10(17)21-7(26)4-25/h7-8,12,29H,5,9H2,1-3H3,(H2,21,25)(H,24,27)(H,28,30)(H,22,23,26,31);2-3,7,25-26H,4H2,1H3,(H2,17,21)(H,20,23)(H,24,27)(H,18,19,22,28). The number of amides is 2. The van der Waals surface area contributed by atoms with Crippen molar-refractivity contribution in [1.29, 1.82) is 0 Å². The monoisotopic (exact) mass is 1000 g/mol. The molecule has 2 amide bonds. The molecule has 6 aromatic heterocycles. The summed E-state index contributed by atoms with van der Waals surface area (Å²) in [6.45, 7) is 6.11. The Bertz CT molecular complexity index is 2800. The van der Waals surface area contributed by atoms with Gasteiger partial charge in [0.1, 0.15) is 42.6 Å². The molecule has 330 valence electrons. The third kappa shape index (κ3) is 12.6. The van der Waals surface area contributed by atoms with Gasteiger partial charge < -0.3 is 37.4 Å². The smallest absolute Gasteiger partial charge is 0.271 e. The van der Waals surface area contributed by atoms with E-state index in [4.69, 9.17) is 16.6 Å². The second kappa shape index (κ2) is 22.2. The number of thiazole rings is 2. The maximum atomic E-state index is 12.7. The van der Waals surface area contributed by atoms with Gasteiger partial charge in [0, 0.05) is 24.8 Å². The van der Waals surface area contributed by atoms with Gasteiger partial charge in [0.2, 0.25) is 11.9 Å². The van der Waals surface area contributed by atoms with E-state index in [1.54, 1.807) is 20.8 Å². The van der Waals surface area contributed by atoms with Crippen molar-refractivity contribution in [3.05, 3.63) is 87.8 Å². The first-order chi connectivity index (χ1) is 30.1. The van der Waals surface area contributed by atoms with Crippen LogP contribution in [-0.2, 0) is 0 Å². The van der Waals surface area contributed by atoms with Crippen molar-refractivity contribution in [3.63, 3.8) is 0 Å². The number of H-pyrrole nitrogens is 2. The van der Waals surface area contributed by atoms with Gasteiger partial charge in [-0.15, -0.1) is 5.92 Å². The highest BCUT2D eigenvalue weighted by Crippen LogP contribution is 2.30. The lowest BCUT2D eigenvalue weighted by Gasteiger charge is -2.08. The van der Waals surface area contributed by atoms with Gasteiger partial charge in [-0.1, -0.05) is 35.5 Å². The van der Waals surface area contributed by atoms with Crippen LogP contribution in [0.3, 0.4) is 0 Å². The predicted octanol–water partition coefficient (Wildman–Crippen LogP) is 2.60. The Morgan fingerprint density at radius 3 is 1.70 bits per heavy atom. The summed E-state index contributed by atoms with van der Waals surface area (Å²) in [5, 5.41) is 40.3. The maximum absolute atomic E-state index is 12.7. The van der Waals surface area contributed by atoms with Gasteiger partial charge >= 0.3 is 0 Å². The Morgan fingerprint density at radius 1 is 0.810 bits per heavy atom. The summed E-state index contributed by atoms with van der Waals surface area (Å²) >= 11 is 7.36. The number of rotatable bonds is 15. The quantitative estimate of drug-likeness (QED) is 0.0400. The average Bonchev–Trinajstić information content (AvgIpc) is 4.03. The van der Waals surface area contributed by atoms with Crippen LogP contribution in [0.2, 0.25) is 0 Å². The molecule has 0 saturated carbocycles. The summed E-state index contributed by atoms with van der Waals surface area (Å²) in [5.74, 6) is 4.78. The van der Waals surface area contributed by atoms with Crippen LogP contribution in [0.15, 0.2) is 48.8 Å². The Kier molecular flexibility index (Phi) is 16.8. The molecule has 23 nitrogen and oxygen atoms in total. The second-order valence-electron chi connectivity index (χ2n) is 12.3. The summed E-state index contributed by atoms with van der Waals surface area (Å²) in [6.07, 6.45) is 5.17. The van der Waals surface area contributed by atoms with Crippen LogP contribution in [-0.4, -0.2) is 103 Å². The van der Waals surface area contributed by atoms with E-state index in [1.807, 2.05) is 6.92 Å². The van der Waals surface area contributed by atoms with Gasteiger partial charge in [0.15, 0.2) is 16.5 Å². The van der Waals surface area contributed by atoms with Crippen molar-refractivity contribution in [2.75, 3.05) is 34.5 Å². The zero-order valence-corrected chi connectivity index (χ0v) is 38.2. The van der Waals surface area contributed by atoms with Crippen molar-refractivity contribution < 1.29 is 24.9 Å². The van der Waals surface area contributed by atoms with E-state index < -0.39 is 41.8 Å². The third-order valence-corrected chi connectivity index (χ3v) is 12.0. The summed E-state index contributed by atoms with van der Waals surface area (Å²) < 4.78 is 5.79. The maximum Gasteiger partial charge on any atom is 0.271 e. The molecule has 0 radical (unpaired) electrons. The molecule has 0 spiro atoms. The molecule has 0 aromatic carbocycles. The van der Waals surface area contributed by atoms with Crippen molar-refractivity contribution >= 4 is 117 Å². The molecule has 2 atom stereocenters. The fourth-order valence-corrected chi connectivity index (χ4v) is 8.40. The molecule has 0 bridgehead atoms. The molecule has 0 aliphatic heterocycles. The zero-order valence-electron chi connectivity index (χ0n) is 33.3. The molecule has 6 rings (SSSR count). The molecular formula is C35H37BrN16O7S4. The van der Waals surface area contributed by atoms with Crippen molar-refractivity contribution in [2.45, 2.75) is 46.4 Å². The first-order valence-electron chi connectivity index (χ1n) is 18.0. The number of carbonyl (C=O) groups is 2. The second-order valence-corrected chi connectivity index (χ2v) is 16.9. The number of aromatic amines is 2. The summed E-state index contributed by atoms with van der Waals surface area (Å²) in [6, 6.07) is -0.403. The number of nitrogens with one attached hydrogen (secondary N) is 6. The van der Waals surface area contributed by atoms with Crippen molar-refractivity contribution in [3.8, 4) is 11.8 Å². The molecule has 0 aliphatic rings. The highest BCUT2D eigenvalue weighted by molar-refractivity contribution is 9.10. The number of aliphatic hydroxyl groups excluding tert-OH is 3. The minimum absolute atomic E-state index is 0.00498. The highest BCUT2D eigenvalue weighted by atomic mass is 79.9. The van der Waals surface area contributed by atoms with E-state index in [-0.39, 0.29) is 41.3 Å². The van der Waals surface area contributed by atoms with E-state index in [2.05, 4.69) is 97.7 Å². The fourth-order valence-electron chi connectivity index (χ4n) is 4.85. The normalized spacial score (nSPS) is 12.3. The lowest BCUT2D eigenvalue weighted by molar-refractivity contribution is 0.102. The minimum Gasteiger partial charge on any atom is -0.394 e. The first-order valence-corrected chi connectivity index (χ1v) is 22.0. The molecule has 28 heteroatoms. The van der Waals surface area contributed by atoms with E-state index >= 15 is 0 Å². The number of aliphatic hydroxyl groups is 3. The number of anilines is 6. The largest absolute Gasteiger partial charge is 0.394 e. The van der Waals surface area contributed by atoms with Gasteiger partial charge in [-0.2, -0.15) is 0 Å². The van der Waals surface area contributed by atoms with Crippen LogP contribution in [0, 0.1) is 25.7 Å². The fraction of sp³-hybridized carbons (Fsp3) is 0.257. The minimum atomic E-state index is -1.45. The molecule has 13 N–H and O–H groups in total. The zero-order chi connectivity index (χ0) is 45.8. The van der Waals surface area contributed by atoms with Crippen LogP contribution < -0.4 is 43.9 Å². The van der Waals surface area contributed by atoms with Gasteiger partial charge in [-0.05, 0) is 66.2 Å². The van der Waals surface area contributed by atoms with Crippen LogP contribution >= 0.6 is 61.7 Å². The van der Waals surface area contributed by atoms with E-state index in [1.165, 1.54) is 24.8 Å². The van der Waals surface area contributed by atoms with Crippen LogP contribution in [0.1, 0.15) is 67.7 Å². The van der Waals surface area contributed by atoms with Crippen molar-refractivity contribution in [2.24, 2.45) is 21.5 Å². The SMILES string of the molecule is CC#Cc1cnc(NC(=O)c2sc(Nc3s[nH]c(=O)c3C(N)=NC(CC)CO)nc2C)nc1.Cc1nc(Nc2s[nH]c(=O)c2C(N)=NC(O)CO)sc1C(=O)Nc1ncc(Br)cn1. The number of amidine groups is 2. The van der Waals surface area contributed by atoms with Crippen LogP contribution in [0.5, 0.6) is 0 Å². The number of aromatic nitrogens is 8. The Hall–Kier alpha value is -6.32. The number of aliphatic imine (C=N–C) groups is 2. The van der Waals surface area contributed by atoms with Gasteiger partial charge in [-0.3, -0.25) is 43.6 Å². The number of hydrogen-bond donors (Lipinski definition) is 11. The summed E-state index contributed by atoms with van der Waals surface area (Å²) in [4.78, 5) is 82.9. The molecule has 0 aliphatic carbocycles. The highest BCUT2D eigenvalue weighted by Gasteiger charge is 2.22. The van der Waals surface area contributed by atoms with Gasteiger partial charge in [-0.25, -0.2) is 34.9 Å². The van der Waals surface area contributed by atoms with E-state index in [0.29, 0.717) is 57.9 Å². The molecule has 6 aromatic rings. The molecule has 0 saturated heterocycles. The number of halogens is 1. The Labute approximate surface area is 380 Å². The molecule has 6 heterocycles. The molecule has 63 heavy (non-hydrogen) atoms. The number of aryl methyl sites for hydroxylation is 2. The number of nitrogens with zero attached hydrogens (tertiary/aromatic N) is 8. The van der Waals surface area contributed by atoms with Crippen LogP contribution in [0.25, 0.3) is 0 Å². The topological polar surface area (TPSA) is 363 Å². The molecule has 2 unspecified atom stereocenters. The van der Waals surface area contributed by atoms with Gasteiger partial charge in [0.25, 0.3) is 22.9 Å². The van der Waals surface area contributed by atoms with Gasteiger partial charge in [0.05, 0.1) is 40.7 Å². The summed E-state index contributed by atoms with van der Waals surface area (Å²) in [5.41, 5.74) is 12.6. The predicted molar refractivity (Wildman–Crippen MR) is 246 cm³/mol. The van der Waals surface area contributed by atoms with E-state index in [9.17, 15) is 29.4 Å². The Balaban J connectivity index is 0.000000239. The lowest BCUT2D eigenvalue weighted by Crippen LogP contribution is -2.25.